The van der Waals surface area contributed by atoms with Crippen LogP contribution in [0.4, 0.5) is 0 Å². The van der Waals surface area contributed by atoms with Gasteiger partial charge in [0.1, 0.15) is 0 Å². The van der Waals surface area contributed by atoms with Gasteiger partial charge in [0.15, 0.2) is 0 Å². The summed E-state index contributed by atoms with van der Waals surface area (Å²) in [7, 11) is -3.42. The molecule has 0 saturated carbocycles. The largest absolute Gasteiger partial charge is 0.361 e. The van der Waals surface area contributed by atoms with Crippen molar-refractivity contribution in [3.8, 4) is 0 Å². The third kappa shape index (κ3) is 4.52. The van der Waals surface area contributed by atoms with Gasteiger partial charge in [0.2, 0.25) is 10.0 Å². The lowest BCUT2D eigenvalue weighted by molar-refractivity contribution is -0.137. The molecule has 0 aliphatic carbocycles. The molecule has 8 heteroatoms. The van der Waals surface area contributed by atoms with E-state index in [-0.39, 0.29) is 11.4 Å². The van der Waals surface area contributed by atoms with E-state index in [1.165, 1.54) is 4.31 Å². The van der Waals surface area contributed by atoms with Crippen LogP contribution in [0.25, 0.3) is 0 Å². The molecule has 1 aromatic rings. The molecule has 2 rings (SSSR count). The van der Waals surface area contributed by atoms with E-state index in [1.54, 1.807) is 24.3 Å². The highest BCUT2D eigenvalue weighted by atomic mass is 32.2. The van der Waals surface area contributed by atoms with Gasteiger partial charge in [-0.15, -0.1) is 0 Å². The average molecular weight is 339 g/mol. The Morgan fingerprint density at radius 2 is 1.70 bits per heavy atom. The Morgan fingerprint density at radius 3 is 2.26 bits per heavy atom. The van der Waals surface area contributed by atoms with Crippen molar-refractivity contribution in [2.45, 2.75) is 30.6 Å². The molecule has 126 valence electrons. The normalized spacial score (nSPS) is 16.0. The standard InChI is InChI=1S/C15H21N3O4S/c16-14(19)15(20)17-9-8-12-4-6-13(7-5-12)23(21,22)18-10-2-1-3-11-18/h4-7H,1-3,8-11H2,(H2,16,19)(H,17,20). The second-order valence-corrected chi connectivity index (χ2v) is 7.42. The maximum Gasteiger partial charge on any atom is 0.309 e. The predicted octanol–water partition coefficient (Wildman–Crippen LogP) is 0.00520. The van der Waals surface area contributed by atoms with Crippen molar-refractivity contribution >= 4 is 21.8 Å². The van der Waals surface area contributed by atoms with Crippen LogP contribution in [-0.2, 0) is 26.0 Å². The number of amides is 2. The molecular formula is C15H21N3O4S. The van der Waals surface area contributed by atoms with E-state index in [2.05, 4.69) is 5.32 Å². The highest BCUT2D eigenvalue weighted by molar-refractivity contribution is 7.89. The second-order valence-electron chi connectivity index (χ2n) is 5.48. The summed E-state index contributed by atoms with van der Waals surface area (Å²) in [5.74, 6) is -1.85. The van der Waals surface area contributed by atoms with Crippen LogP contribution >= 0.6 is 0 Å². The Kier molecular flexibility index (Phi) is 5.73. The van der Waals surface area contributed by atoms with Gasteiger partial charge in [-0.3, -0.25) is 9.59 Å². The van der Waals surface area contributed by atoms with Crippen LogP contribution in [0.1, 0.15) is 24.8 Å². The van der Waals surface area contributed by atoms with E-state index in [1.807, 2.05) is 0 Å². The van der Waals surface area contributed by atoms with Crippen molar-refractivity contribution in [2.75, 3.05) is 19.6 Å². The van der Waals surface area contributed by atoms with Gasteiger partial charge in [0, 0.05) is 19.6 Å². The molecule has 1 aliphatic rings. The summed E-state index contributed by atoms with van der Waals surface area (Å²) in [5, 5.41) is 2.39. The molecule has 0 atom stereocenters. The summed E-state index contributed by atoms with van der Waals surface area (Å²) in [5.41, 5.74) is 5.70. The molecule has 1 saturated heterocycles. The molecule has 0 spiro atoms. The van der Waals surface area contributed by atoms with Crippen molar-refractivity contribution in [2.24, 2.45) is 5.73 Å². The van der Waals surface area contributed by atoms with Gasteiger partial charge in [0.25, 0.3) is 0 Å². The molecule has 0 aromatic heterocycles. The SMILES string of the molecule is NC(=O)C(=O)NCCc1ccc(S(=O)(=O)N2CCCCC2)cc1. The van der Waals surface area contributed by atoms with E-state index in [0.29, 0.717) is 19.5 Å². The van der Waals surface area contributed by atoms with Crippen LogP contribution in [0, 0.1) is 0 Å². The molecule has 1 aliphatic heterocycles. The van der Waals surface area contributed by atoms with Gasteiger partial charge >= 0.3 is 11.8 Å². The number of hydrogen-bond donors (Lipinski definition) is 2. The monoisotopic (exact) mass is 339 g/mol. The van der Waals surface area contributed by atoms with E-state index in [4.69, 9.17) is 5.73 Å². The maximum absolute atomic E-state index is 12.5. The van der Waals surface area contributed by atoms with E-state index < -0.39 is 21.8 Å². The topological polar surface area (TPSA) is 110 Å². The molecule has 3 N–H and O–H groups in total. The average Bonchev–Trinajstić information content (AvgIpc) is 2.56. The first kappa shape index (κ1) is 17.4. The fourth-order valence-corrected chi connectivity index (χ4v) is 4.01. The zero-order chi connectivity index (χ0) is 16.9. The van der Waals surface area contributed by atoms with Gasteiger partial charge in [-0.25, -0.2) is 8.42 Å². The molecule has 1 aromatic carbocycles. The van der Waals surface area contributed by atoms with Crippen LogP contribution in [0.15, 0.2) is 29.2 Å². The summed E-state index contributed by atoms with van der Waals surface area (Å²) >= 11 is 0. The molecule has 23 heavy (non-hydrogen) atoms. The molecule has 0 unspecified atom stereocenters. The summed E-state index contributed by atoms with van der Waals surface area (Å²) in [4.78, 5) is 21.9. The lowest BCUT2D eigenvalue weighted by atomic mass is 10.1. The third-order valence-electron chi connectivity index (χ3n) is 3.80. The Bertz CT molecular complexity index is 664. The first-order chi connectivity index (χ1) is 10.9. The van der Waals surface area contributed by atoms with Crippen LogP contribution in [-0.4, -0.2) is 44.2 Å². The Labute approximate surface area is 135 Å². The highest BCUT2D eigenvalue weighted by Crippen LogP contribution is 2.20. The minimum absolute atomic E-state index is 0.264. The first-order valence-electron chi connectivity index (χ1n) is 7.58. The van der Waals surface area contributed by atoms with E-state index >= 15 is 0 Å². The smallest absolute Gasteiger partial charge is 0.309 e. The van der Waals surface area contributed by atoms with Crippen molar-refractivity contribution in [1.29, 1.82) is 0 Å². The summed E-state index contributed by atoms with van der Waals surface area (Å²) < 4.78 is 26.5. The maximum atomic E-state index is 12.5. The predicted molar refractivity (Wildman–Crippen MR) is 85.0 cm³/mol. The van der Waals surface area contributed by atoms with Gasteiger partial charge in [-0.1, -0.05) is 18.6 Å². The van der Waals surface area contributed by atoms with Crippen molar-refractivity contribution < 1.29 is 18.0 Å². The van der Waals surface area contributed by atoms with Gasteiger partial charge in [0.05, 0.1) is 4.90 Å². The van der Waals surface area contributed by atoms with Crippen LogP contribution in [0.2, 0.25) is 0 Å². The number of benzene rings is 1. The Balaban J connectivity index is 1.96. The fraction of sp³-hybridized carbons (Fsp3) is 0.467. The van der Waals surface area contributed by atoms with Gasteiger partial charge in [-0.05, 0) is 37.0 Å². The number of nitrogens with zero attached hydrogens (tertiary/aromatic N) is 1. The molecule has 0 bridgehead atoms. The van der Waals surface area contributed by atoms with Crippen LogP contribution < -0.4 is 11.1 Å². The minimum atomic E-state index is -3.42. The number of carbonyl (C=O) groups excluding carboxylic acids is 2. The van der Waals surface area contributed by atoms with Crippen molar-refractivity contribution in [1.82, 2.24) is 9.62 Å². The molecule has 1 fully saturated rings. The lowest BCUT2D eigenvalue weighted by Crippen LogP contribution is -2.37. The zero-order valence-electron chi connectivity index (χ0n) is 12.8. The number of primary amides is 1. The fourth-order valence-electron chi connectivity index (χ4n) is 2.49. The van der Waals surface area contributed by atoms with E-state index in [9.17, 15) is 18.0 Å². The highest BCUT2D eigenvalue weighted by Gasteiger charge is 2.25. The number of nitrogens with one attached hydrogen (secondary N) is 1. The molecule has 0 radical (unpaired) electrons. The number of sulfonamides is 1. The van der Waals surface area contributed by atoms with Crippen molar-refractivity contribution in [3.63, 3.8) is 0 Å². The van der Waals surface area contributed by atoms with Gasteiger partial charge in [-0.2, -0.15) is 4.31 Å². The zero-order valence-corrected chi connectivity index (χ0v) is 13.6. The molecule has 2 amide bonds. The summed E-state index contributed by atoms with van der Waals surface area (Å²) in [6.07, 6.45) is 3.36. The minimum Gasteiger partial charge on any atom is -0.361 e. The quantitative estimate of drug-likeness (QED) is 0.736. The van der Waals surface area contributed by atoms with Crippen LogP contribution in [0.3, 0.4) is 0 Å². The Morgan fingerprint density at radius 1 is 1.09 bits per heavy atom. The Hall–Kier alpha value is -1.93. The molecule has 1 heterocycles. The second kappa shape index (κ2) is 7.56. The third-order valence-corrected chi connectivity index (χ3v) is 5.71. The van der Waals surface area contributed by atoms with E-state index in [0.717, 1.165) is 24.8 Å². The van der Waals surface area contributed by atoms with Crippen LogP contribution in [0.5, 0.6) is 0 Å². The first-order valence-corrected chi connectivity index (χ1v) is 9.02. The number of carbonyl (C=O) groups is 2. The van der Waals surface area contributed by atoms with Crippen molar-refractivity contribution in [3.05, 3.63) is 29.8 Å². The number of nitrogens with two attached hydrogens (primary N) is 1. The number of rotatable bonds is 5. The summed E-state index contributed by atoms with van der Waals surface area (Å²) in [6.45, 7) is 1.41. The molecule has 7 nitrogen and oxygen atoms in total. The van der Waals surface area contributed by atoms with Gasteiger partial charge < -0.3 is 11.1 Å². The number of piperidine rings is 1. The number of hydrogen-bond acceptors (Lipinski definition) is 4. The molecular weight excluding hydrogens is 318 g/mol. The lowest BCUT2D eigenvalue weighted by Gasteiger charge is -2.25. The summed E-state index contributed by atoms with van der Waals surface area (Å²) in [6, 6.07) is 6.59.